The third kappa shape index (κ3) is 2.15. The second kappa shape index (κ2) is 5.12. The maximum Gasteiger partial charge on any atom is 0.358 e. The number of halogens is 2. The minimum atomic E-state index is -1.12. The molecule has 6 heteroatoms. The standard InChI is InChI=1S/C12H10BrClN2O2/c1-2-16-11(7-5-3-4-6-8(7)13)9(14)10(15-16)12(17)18/h3-6H,2H2,1H3,(H,17,18). The number of carbonyl (C=O) groups is 1. The molecule has 0 saturated carbocycles. The van der Waals surface area contributed by atoms with Crippen molar-refractivity contribution in [1.82, 2.24) is 9.78 Å². The van der Waals surface area contributed by atoms with Crippen LogP contribution in [0.4, 0.5) is 0 Å². The minimum Gasteiger partial charge on any atom is -0.476 e. The summed E-state index contributed by atoms with van der Waals surface area (Å²) in [6, 6.07) is 7.49. The van der Waals surface area contributed by atoms with Crippen molar-refractivity contribution in [2.24, 2.45) is 0 Å². The summed E-state index contributed by atoms with van der Waals surface area (Å²) in [6.45, 7) is 2.43. The molecule has 18 heavy (non-hydrogen) atoms. The van der Waals surface area contributed by atoms with Crippen molar-refractivity contribution in [2.75, 3.05) is 0 Å². The van der Waals surface area contributed by atoms with E-state index in [-0.39, 0.29) is 10.7 Å². The van der Waals surface area contributed by atoms with Gasteiger partial charge >= 0.3 is 5.97 Å². The molecule has 1 N–H and O–H groups in total. The molecule has 0 radical (unpaired) electrons. The third-order valence-corrected chi connectivity index (χ3v) is 3.58. The molecule has 0 saturated heterocycles. The summed E-state index contributed by atoms with van der Waals surface area (Å²) in [5, 5.41) is 13.2. The molecule has 2 rings (SSSR count). The Kier molecular flexibility index (Phi) is 3.73. The zero-order chi connectivity index (χ0) is 13.3. The lowest BCUT2D eigenvalue weighted by molar-refractivity contribution is 0.0689. The van der Waals surface area contributed by atoms with Gasteiger partial charge in [0.2, 0.25) is 0 Å². The molecular weight excluding hydrogens is 320 g/mol. The molecule has 0 spiro atoms. The lowest BCUT2D eigenvalue weighted by Crippen LogP contribution is -2.02. The van der Waals surface area contributed by atoms with Gasteiger partial charge in [0.15, 0.2) is 5.69 Å². The Morgan fingerprint density at radius 2 is 2.17 bits per heavy atom. The van der Waals surface area contributed by atoms with Crippen molar-refractivity contribution < 1.29 is 9.90 Å². The first-order chi connectivity index (χ1) is 8.56. The number of aromatic nitrogens is 2. The molecular formula is C12H10BrClN2O2. The largest absolute Gasteiger partial charge is 0.476 e. The first kappa shape index (κ1) is 13.1. The summed E-state index contributed by atoms with van der Waals surface area (Å²) in [5.74, 6) is -1.12. The van der Waals surface area contributed by atoms with Gasteiger partial charge in [-0.25, -0.2) is 4.79 Å². The van der Waals surface area contributed by atoms with E-state index >= 15 is 0 Å². The maximum atomic E-state index is 11.0. The summed E-state index contributed by atoms with van der Waals surface area (Å²) in [7, 11) is 0. The molecule has 94 valence electrons. The smallest absolute Gasteiger partial charge is 0.358 e. The highest BCUT2D eigenvalue weighted by Crippen LogP contribution is 2.35. The third-order valence-electron chi connectivity index (χ3n) is 2.53. The summed E-state index contributed by atoms with van der Waals surface area (Å²) >= 11 is 9.55. The van der Waals surface area contributed by atoms with Crippen molar-refractivity contribution in [3.63, 3.8) is 0 Å². The van der Waals surface area contributed by atoms with Crippen LogP contribution in [0.2, 0.25) is 5.02 Å². The van der Waals surface area contributed by atoms with Gasteiger partial charge in [-0.1, -0.05) is 45.7 Å². The van der Waals surface area contributed by atoms with E-state index in [0.717, 1.165) is 10.0 Å². The quantitative estimate of drug-likeness (QED) is 0.934. The predicted octanol–water partition coefficient (Wildman–Crippen LogP) is 3.68. The van der Waals surface area contributed by atoms with E-state index in [1.807, 2.05) is 31.2 Å². The highest BCUT2D eigenvalue weighted by atomic mass is 79.9. The molecule has 2 aromatic rings. The SMILES string of the molecule is CCn1nc(C(=O)O)c(Cl)c1-c1ccccc1Br. The molecule has 4 nitrogen and oxygen atoms in total. The van der Waals surface area contributed by atoms with Gasteiger partial charge in [-0.3, -0.25) is 4.68 Å². The van der Waals surface area contributed by atoms with Gasteiger partial charge in [-0.15, -0.1) is 0 Å². The van der Waals surface area contributed by atoms with Gasteiger partial charge in [0.25, 0.3) is 0 Å². The van der Waals surface area contributed by atoms with Crippen molar-refractivity contribution in [3.05, 3.63) is 39.5 Å². The van der Waals surface area contributed by atoms with Crippen LogP contribution in [0.25, 0.3) is 11.3 Å². The molecule has 0 aliphatic carbocycles. The van der Waals surface area contributed by atoms with Crippen molar-refractivity contribution >= 4 is 33.5 Å². The molecule has 1 aromatic carbocycles. The summed E-state index contributed by atoms with van der Waals surface area (Å²) in [4.78, 5) is 11.0. The fourth-order valence-corrected chi connectivity index (χ4v) is 2.51. The first-order valence-electron chi connectivity index (χ1n) is 5.30. The van der Waals surface area contributed by atoms with Crippen molar-refractivity contribution in [2.45, 2.75) is 13.5 Å². The molecule has 1 heterocycles. The zero-order valence-electron chi connectivity index (χ0n) is 9.52. The van der Waals surface area contributed by atoms with E-state index in [1.54, 1.807) is 4.68 Å². The topological polar surface area (TPSA) is 55.1 Å². The number of hydrogen-bond acceptors (Lipinski definition) is 2. The van der Waals surface area contributed by atoms with Crippen molar-refractivity contribution in [1.29, 1.82) is 0 Å². The number of aromatic carboxylic acids is 1. The molecule has 0 unspecified atom stereocenters. The van der Waals surface area contributed by atoms with E-state index in [9.17, 15) is 4.79 Å². The van der Waals surface area contributed by atoms with Crippen LogP contribution >= 0.6 is 27.5 Å². The number of nitrogens with zero attached hydrogens (tertiary/aromatic N) is 2. The molecule has 0 atom stereocenters. The van der Waals surface area contributed by atoms with Crippen LogP contribution in [0.3, 0.4) is 0 Å². The number of benzene rings is 1. The van der Waals surface area contributed by atoms with Crippen LogP contribution < -0.4 is 0 Å². The highest BCUT2D eigenvalue weighted by Gasteiger charge is 2.22. The van der Waals surface area contributed by atoms with Gasteiger partial charge in [0.1, 0.15) is 5.02 Å². The molecule has 0 aliphatic rings. The van der Waals surface area contributed by atoms with E-state index in [4.69, 9.17) is 16.7 Å². The maximum absolute atomic E-state index is 11.0. The van der Waals surface area contributed by atoms with Crippen LogP contribution in [-0.4, -0.2) is 20.9 Å². The molecule has 0 aliphatic heterocycles. The fourth-order valence-electron chi connectivity index (χ4n) is 1.72. The Labute approximate surface area is 117 Å². The Morgan fingerprint density at radius 3 is 2.72 bits per heavy atom. The molecule has 1 aromatic heterocycles. The summed E-state index contributed by atoms with van der Waals surface area (Å²) in [6.07, 6.45) is 0. The average Bonchev–Trinajstić information content (AvgIpc) is 2.67. The number of carboxylic acid groups (broad SMARTS) is 1. The van der Waals surface area contributed by atoms with Crippen LogP contribution in [0.1, 0.15) is 17.4 Å². The average molecular weight is 330 g/mol. The van der Waals surface area contributed by atoms with E-state index < -0.39 is 5.97 Å². The summed E-state index contributed by atoms with van der Waals surface area (Å²) < 4.78 is 2.43. The molecule has 0 amide bonds. The Balaban J connectivity index is 2.71. The minimum absolute atomic E-state index is 0.121. The zero-order valence-corrected chi connectivity index (χ0v) is 11.9. The normalized spacial score (nSPS) is 10.6. The number of carboxylic acids is 1. The van der Waals surface area contributed by atoms with Crippen LogP contribution in [0, 0.1) is 0 Å². The van der Waals surface area contributed by atoms with Gasteiger partial charge < -0.3 is 5.11 Å². The molecule has 0 bridgehead atoms. The lowest BCUT2D eigenvalue weighted by atomic mass is 10.1. The van der Waals surface area contributed by atoms with Gasteiger partial charge in [0, 0.05) is 16.6 Å². The Hall–Kier alpha value is -1.33. The van der Waals surface area contributed by atoms with Gasteiger partial charge in [0.05, 0.1) is 5.69 Å². The number of rotatable bonds is 3. The van der Waals surface area contributed by atoms with E-state index in [0.29, 0.717) is 12.2 Å². The number of aryl methyl sites for hydroxylation is 1. The fraction of sp³-hybridized carbons (Fsp3) is 0.167. The van der Waals surface area contributed by atoms with E-state index in [2.05, 4.69) is 21.0 Å². The monoisotopic (exact) mass is 328 g/mol. The van der Waals surface area contributed by atoms with Crippen LogP contribution in [0.15, 0.2) is 28.7 Å². The van der Waals surface area contributed by atoms with E-state index in [1.165, 1.54) is 0 Å². The van der Waals surface area contributed by atoms with Gasteiger partial charge in [-0.2, -0.15) is 5.10 Å². The Bertz CT molecular complexity index is 610. The van der Waals surface area contributed by atoms with Gasteiger partial charge in [-0.05, 0) is 13.0 Å². The predicted molar refractivity (Wildman–Crippen MR) is 73.0 cm³/mol. The lowest BCUT2D eigenvalue weighted by Gasteiger charge is -2.07. The van der Waals surface area contributed by atoms with Crippen LogP contribution in [0.5, 0.6) is 0 Å². The second-order valence-corrected chi connectivity index (χ2v) is 4.84. The highest BCUT2D eigenvalue weighted by molar-refractivity contribution is 9.10. The van der Waals surface area contributed by atoms with Crippen molar-refractivity contribution in [3.8, 4) is 11.3 Å². The number of hydrogen-bond donors (Lipinski definition) is 1. The second-order valence-electron chi connectivity index (χ2n) is 3.61. The Morgan fingerprint density at radius 1 is 1.50 bits per heavy atom. The molecule has 0 fully saturated rings. The first-order valence-corrected chi connectivity index (χ1v) is 6.47. The summed E-state index contributed by atoms with van der Waals surface area (Å²) in [5.41, 5.74) is 1.32. The van der Waals surface area contributed by atoms with Crippen LogP contribution in [-0.2, 0) is 6.54 Å².